The minimum atomic E-state index is 0.303. The molecule has 1 unspecified atom stereocenters. The molecule has 1 N–H and O–H groups in total. The van der Waals surface area contributed by atoms with Crippen LogP contribution in [0.4, 0.5) is 5.69 Å². The van der Waals surface area contributed by atoms with Gasteiger partial charge in [0.1, 0.15) is 0 Å². The van der Waals surface area contributed by atoms with Crippen molar-refractivity contribution in [3.8, 4) is 0 Å². The molecule has 1 aromatic heterocycles. The maximum Gasteiger partial charge on any atom is 0.0900 e. The second-order valence-corrected chi connectivity index (χ2v) is 6.10. The normalized spacial score (nSPS) is 12.5. The molecule has 1 atom stereocenters. The monoisotopic (exact) mass is 260 g/mol. The molecule has 0 fully saturated rings. The van der Waals surface area contributed by atoms with Crippen LogP contribution in [0.25, 0.3) is 0 Å². The molecule has 0 saturated heterocycles. The highest BCUT2D eigenvalue weighted by Gasteiger charge is 2.13. The summed E-state index contributed by atoms with van der Waals surface area (Å²) in [6.07, 6.45) is 0. The van der Waals surface area contributed by atoms with Crippen LogP contribution in [0.1, 0.15) is 39.7 Å². The highest BCUT2D eigenvalue weighted by atomic mass is 32.1. The standard InChI is InChI=1S/C15H20N2S/c1-9-6-7-14(10(2)8-9)17-12(4)15-11(3)16-13(5)18-15/h6-8,12,17H,1-5H3. The number of anilines is 1. The second kappa shape index (κ2) is 5.11. The fourth-order valence-electron chi connectivity index (χ4n) is 2.22. The number of hydrogen-bond acceptors (Lipinski definition) is 3. The van der Waals surface area contributed by atoms with Gasteiger partial charge in [0.05, 0.1) is 16.7 Å². The molecular weight excluding hydrogens is 240 g/mol. The smallest absolute Gasteiger partial charge is 0.0900 e. The van der Waals surface area contributed by atoms with Crippen molar-refractivity contribution in [1.29, 1.82) is 0 Å². The van der Waals surface area contributed by atoms with Crippen LogP contribution in [0.2, 0.25) is 0 Å². The molecule has 18 heavy (non-hydrogen) atoms. The van der Waals surface area contributed by atoms with Gasteiger partial charge in [-0.25, -0.2) is 4.98 Å². The van der Waals surface area contributed by atoms with E-state index in [1.54, 1.807) is 11.3 Å². The summed E-state index contributed by atoms with van der Waals surface area (Å²) < 4.78 is 0. The minimum absolute atomic E-state index is 0.303. The third-order valence-electron chi connectivity index (χ3n) is 3.09. The first kappa shape index (κ1) is 13.1. The van der Waals surface area contributed by atoms with Gasteiger partial charge in [-0.15, -0.1) is 11.3 Å². The molecule has 0 aliphatic heterocycles. The zero-order valence-corrected chi connectivity index (χ0v) is 12.5. The summed E-state index contributed by atoms with van der Waals surface area (Å²) in [5.41, 5.74) is 4.94. The third kappa shape index (κ3) is 2.72. The maximum atomic E-state index is 4.49. The van der Waals surface area contributed by atoms with Gasteiger partial charge in [-0.05, 0) is 46.2 Å². The highest BCUT2D eigenvalue weighted by molar-refractivity contribution is 7.11. The number of aromatic nitrogens is 1. The van der Waals surface area contributed by atoms with Gasteiger partial charge in [0.25, 0.3) is 0 Å². The Bertz CT molecular complexity index is 558. The summed E-state index contributed by atoms with van der Waals surface area (Å²) >= 11 is 1.78. The van der Waals surface area contributed by atoms with E-state index in [1.807, 2.05) is 0 Å². The van der Waals surface area contributed by atoms with Crippen LogP contribution < -0.4 is 5.32 Å². The fraction of sp³-hybridized carbons (Fsp3) is 0.400. The van der Waals surface area contributed by atoms with E-state index in [-0.39, 0.29) is 0 Å². The van der Waals surface area contributed by atoms with E-state index in [2.05, 4.69) is 63.1 Å². The van der Waals surface area contributed by atoms with Crippen LogP contribution >= 0.6 is 11.3 Å². The molecule has 2 rings (SSSR count). The zero-order chi connectivity index (χ0) is 13.3. The maximum absolute atomic E-state index is 4.49. The second-order valence-electron chi connectivity index (χ2n) is 4.87. The van der Waals surface area contributed by atoms with Crippen molar-refractivity contribution < 1.29 is 0 Å². The molecule has 2 nitrogen and oxygen atoms in total. The Morgan fingerprint density at radius 2 is 1.89 bits per heavy atom. The SMILES string of the molecule is Cc1ccc(NC(C)c2sc(C)nc2C)c(C)c1. The Labute approximate surface area is 113 Å². The first-order valence-electron chi connectivity index (χ1n) is 6.25. The van der Waals surface area contributed by atoms with E-state index in [0.717, 1.165) is 10.7 Å². The molecular formula is C15H20N2S. The van der Waals surface area contributed by atoms with Crippen LogP contribution in [0.15, 0.2) is 18.2 Å². The van der Waals surface area contributed by atoms with Crippen LogP contribution in [0.3, 0.4) is 0 Å². The molecule has 1 heterocycles. The lowest BCUT2D eigenvalue weighted by atomic mass is 10.1. The molecule has 0 spiro atoms. The van der Waals surface area contributed by atoms with Crippen molar-refractivity contribution in [2.75, 3.05) is 5.32 Å². The molecule has 0 aliphatic rings. The van der Waals surface area contributed by atoms with Crippen LogP contribution in [-0.2, 0) is 0 Å². The Hall–Kier alpha value is -1.35. The van der Waals surface area contributed by atoms with Crippen molar-refractivity contribution in [3.05, 3.63) is 44.9 Å². The van der Waals surface area contributed by atoms with Gasteiger partial charge in [-0.2, -0.15) is 0 Å². The van der Waals surface area contributed by atoms with Crippen LogP contribution in [0, 0.1) is 27.7 Å². The average Bonchev–Trinajstić information content (AvgIpc) is 2.62. The van der Waals surface area contributed by atoms with Crippen molar-refractivity contribution in [1.82, 2.24) is 4.98 Å². The molecule has 0 bridgehead atoms. The highest BCUT2D eigenvalue weighted by Crippen LogP contribution is 2.28. The number of thiazole rings is 1. The average molecular weight is 260 g/mol. The largest absolute Gasteiger partial charge is 0.377 e. The van der Waals surface area contributed by atoms with Crippen LogP contribution in [0.5, 0.6) is 0 Å². The lowest BCUT2D eigenvalue weighted by molar-refractivity contribution is 0.887. The first-order chi connectivity index (χ1) is 8.47. The van der Waals surface area contributed by atoms with Gasteiger partial charge in [-0.1, -0.05) is 17.7 Å². The quantitative estimate of drug-likeness (QED) is 0.875. The number of rotatable bonds is 3. The van der Waals surface area contributed by atoms with Gasteiger partial charge in [-0.3, -0.25) is 0 Å². The van der Waals surface area contributed by atoms with E-state index in [1.165, 1.54) is 21.7 Å². The summed E-state index contributed by atoms with van der Waals surface area (Å²) in [7, 11) is 0. The van der Waals surface area contributed by atoms with Gasteiger partial charge in [0, 0.05) is 10.6 Å². The third-order valence-corrected chi connectivity index (χ3v) is 4.34. The number of hydrogen-bond donors (Lipinski definition) is 1. The van der Waals surface area contributed by atoms with Crippen molar-refractivity contribution in [3.63, 3.8) is 0 Å². The first-order valence-corrected chi connectivity index (χ1v) is 7.06. The molecule has 0 amide bonds. The molecule has 96 valence electrons. The van der Waals surface area contributed by atoms with E-state index in [9.17, 15) is 0 Å². The molecule has 0 radical (unpaired) electrons. The van der Waals surface area contributed by atoms with Gasteiger partial charge in [0.2, 0.25) is 0 Å². The Morgan fingerprint density at radius 1 is 1.17 bits per heavy atom. The summed E-state index contributed by atoms with van der Waals surface area (Å²) in [5.74, 6) is 0. The number of nitrogens with one attached hydrogen (secondary N) is 1. The summed E-state index contributed by atoms with van der Waals surface area (Å²) in [6, 6.07) is 6.81. The van der Waals surface area contributed by atoms with Gasteiger partial charge < -0.3 is 5.32 Å². The Kier molecular flexibility index (Phi) is 3.71. The van der Waals surface area contributed by atoms with E-state index < -0.39 is 0 Å². The van der Waals surface area contributed by atoms with Crippen molar-refractivity contribution in [2.45, 2.75) is 40.7 Å². The van der Waals surface area contributed by atoms with Gasteiger partial charge >= 0.3 is 0 Å². The predicted molar refractivity (Wildman–Crippen MR) is 79.5 cm³/mol. The molecule has 1 aromatic carbocycles. The number of aryl methyl sites for hydroxylation is 4. The van der Waals surface area contributed by atoms with Gasteiger partial charge in [0.15, 0.2) is 0 Å². The van der Waals surface area contributed by atoms with E-state index in [0.29, 0.717) is 6.04 Å². The number of nitrogens with zero attached hydrogens (tertiary/aromatic N) is 1. The minimum Gasteiger partial charge on any atom is -0.377 e. The summed E-state index contributed by atoms with van der Waals surface area (Å²) in [4.78, 5) is 5.82. The Balaban J connectivity index is 2.21. The fourth-order valence-corrected chi connectivity index (χ4v) is 3.15. The van der Waals surface area contributed by atoms with Crippen molar-refractivity contribution >= 4 is 17.0 Å². The predicted octanol–water partition coefficient (Wildman–Crippen LogP) is 4.55. The molecule has 3 heteroatoms. The molecule has 2 aromatic rings. The summed E-state index contributed by atoms with van der Waals surface area (Å²) in [5, 5.41) is 4.71. The van der Waals surface area contributed by atoms with Crippen molar-refractivity contribution in [2.24, 2.45) is 0 Å². The lowest BCUT2D eigenvalue weighted by Crippen LogP contribution is -2.07. The Morgan fingerprint density at radius 3 is 2.44 bits per heavy atom. The van der Waals surface area contributed by atoms with E-state index in [4.69, 9.17) is 0 Å². The summed E-state index contributed by atoms with van der Waals surface area (Å²) in [6.45, 7) is 10.6. The van der Waals surface area contributed by atoms with E-state index >= 15 is 0 Å². The number of benzene rings is 1. The zero-order valence-electron chi connectivity index (χ0n) is 11.7. The molecule has 0 saturated carbocycles. The molecule has 0 aliphatic carbocycles. The van der Waals surface area contributed by atoms with Crippen LogP contribution in [-0.4, -0.2) is 4.98 Å². The lowest BCUT2D eigenvalue weighted by Gasteiger charge is -2.16. The topological polar surface area (TPSA) is 24.9 Å².